The highest BCUT2D eigenvalue weighted by molar-refractivity contribution is 6.00. The number of benzene rings is 1. The van der Waals surface area contributed by atoms with E-state index >= 15 is 0 Å². The van der Waals surface area contributed by atoms with Gasteiger partial charge in [-0.3, -0.25) is 9.78 Å². The van der Waals surface area contributed by atoms with E-state index in [4.69, 9.17) is 0 Å². The molecule has 0 radical (unpaired) electrons. The van der Waals surface area contributed by atoms with Gasteiger partial charge in [0.05, 0.1) is 23.5 Å². The Balaban J connectivity index is 1.53. The molecule has 1 fully saturated rings. The number of carbonyl (C=O) groups excluding carboxylic acids is 1. The van der Waals surface area contributed by atoms with Crippen LogP contribution >= 0.6 is 0 Å². The molecule has 1 atom stereocenters. The van der Waals surface area contributed by atoms with Crippen molar-refractivity contribution in [1.82, 2.24) is 10.3 Å². The third-order valence-electron chi connectivity index (χ3n) is 4.74. The van der Waals surface area contributed by atoms with Crippen LogP contribution in [0.15, 0.2) is 36.7 Å². The second kappa shape index (κ2) is 6.20. The van der Waals surface area contributed by atoms with E-state index in [1.54, 1.807) is 18.5 Å². The number of anilines is 2. The second-order valence-corrected chi connectivity index (χ2v) is 6.22. The van der Waals surface area contributed by atoms with E-state index in [2.05, 4.69) is 20.5 Å². The van der Waals surface area contributed by atoms with Crippen LogP contribution in [0.2, 0.25) is 0 Å². The monoisotopic (exact) mass is 326 g/mol. The van der Waals surface area contributed by atoms with Crippen LogP contribution in [0, 0.1) is 5.82 Å². The van der Waals surface area contributed by atoms with Crippen molar-refractivity contribution in [1.29, 1.82) is 0 Å². The SMILES string of the molecule is O=C(Nc1cnccc1N1CCNCC1)C1Cc2ccc(F)cc21. The zero-order valence-corrected chi connectivity index (χ0v) is 13.3. The molecule has 2 aromatic rings. The van der Waals surface area contributed by atoms with Gasteiger partial charge in [0.25, 0.3) is 0 Å². The van der Waals surface area contributed by atoms with Crippen LogP contribution < -0.4 is 15.5 Å². The first-order chi connectivity index (χ1) is 11.7. The number of halogens is 1. The smallest absolute Gasteiger partial charge is 0.232 e. The Bertz CT molecular complexity index is 773. The molecule has 5 nitrogen and oxygen atoms in total. The van der Waals surface area contributed by atoms with Gasteiger partial charge in [-0.25, -0.2) is 4.39 Å². The van der Waals surface area contributed by atoms with E-state index in [0.29, 0.717) is 12.1 Å². The number of nitrogens with one attached hydrogen (secondary N) is 2. The Morgan fingerprint density at radius 3 is 2.96 bits per heavy atom. The summed E-state index contributed by atoms with van der Waals surface area (Å²) in [6.45, 7) is 3.63. The molecule has 24 heavy (non-hydrogen) atoms. The standard InChI is InChI=1S/C18H19FN4O/c19-13-2-1-12-9-15(14(12)10-13)18(24)22-16-11-21-4-3-17(16)23-7-5-20-6-8-23/h1-4,10-11,15,20H,5-9H2,(H,22,24). The lowest BCUT2D eigenvalue weighted by molar-refractivity contribution is -0.118. The largest absolute Gasteiger partial charge is 0.367 e. The summed E-state index contributed by atoms with van der Waals surface area (Å²) in [6, 6.07) is 6.58. The van der Waals surface area contributed by atoms with E-state index in [1.807, 2.05) is 6.07 Å². The molecule has 1 aromatic carbocycles. The van der Waals surface area contributed by atoms with E-state index in [1.165, 1.54) is 12.1 Å². The number of carbonyl (C=O) groups is 1. The van der Waals surface area contributed by atoms with Gasteiger partial charge in [-0.1, -0.05) is 6.07 Å². The molecule has 2 aliphatic rings. The fraction of sp³-hybridized carbons (Fsp3) is 0.333. The summed E-state index contributed by atoms with van der Waals surface area (Å²) in [4.78, 5) is 19.0. The van der Waals surface area contributed by atoms with Crippen molar-refractivity contribution in [3.05, 3.63) is 53.6 Å². The topological polar surface area (TPSA) is 57.3 Å². The minimum atomic E-state index is -0.297. The molecule has 1 aliphatic carbocycles. The zero-order chi connectivity index (χ0) is 16.5. The van der Waals surface area contributed by atoms with Crippen LogP contribution in [-0.2, 0) is 11.2 Å². The van der Waals surface area contributed by atoms with Gasteiger partial charge in [0.1, 0.15) is 5.82 Å². The Morgan fingerprint density at radius 1 is 1.29 bits per heavy atom. The van der Waals surface area contributed by atoms with Gasteiger partial charge < -0.3 is 15.5 Å². The first-order valence-electron chi connectivity index (χ1n) is 8.21. The molecule has 1 unspecified atom stereocenters. The molecule has 4 rings (SSSR count). The van der Waals surface area contributed by atoms with Crippen molar-refractivity contribution in [2.75, 3.05) is 36.4 Å². The van der Waals surface area contributed by atoms with Crippen molar-refractivity contribution in [3.63, 3.8) is 0 Å². The third-order valence-corrected chi connectivity index (χ3v) is 4.74. The van der Waals surface area contributed by atoms with Gasteiger partial charge in [-0.2, -0.15) is 0 Å². The minimum Gasteiger partial charge on any atom is -0.367 e. The maximum absolute atomic E-state index is 13.4. The Labute approximate surface area is 139 Å². The average Bonchev–Trinajstić information content (AvgIpc) is 2.59. The summed E-state index contributed by atoms with van der Waals surface area (Å²) in [5.41, 5.74) is 3.54. The summed E-state index contributed by atoms with van der Waals surface area (Å²) >= 11 is 0. The predicted octanol–water partition coefficient (Wildman–Crippen LogP) is 1.91. The van der Waals surface area contributed by atoms with Gasteiger partial charge in [0, 0.05) is 32.4 Å². The van der Waals surface area contributed by atoms with Gasteiger partial charge in [0.15, 0.2) is 0 Å². The first kappa shape index (κ1) is 15.1. The summed E-state index contributed by atoms with van der Waals surface area (Å²) in [6.07, 6.45) is 4.08. The predicted molar refractivity (Wildman–Crippen MR) is 90.8 cm³/mol. The van der Waals surface area contributed by atoms with Crippen LogP contribution in [0.3, 0.4) is 0 Å². The number of hydrogen-bond donors (Lipinski definition) is 2. The summed E-state index contributed by atoms with van der Waals surface area (Å²) < 4.78 is 13.4. The average molecular weight is 326 g/mol. The first-order valence-corrected chi connectivity index (χ1v) is 8.21. The molecule has 0 spiro atoms. The molecule has 1 aliphatic heterocycles. The molecule has 1 saturated heterocycles. The van der Waals surface area contributed by atoms with Crippen molar-refractivity contribution in [3.8, 4) is 0 Å². The van der Waals surface area contributed by atoms with Crippen LogP contribution in [0.1, 0.15) is 17.0 Å². The van der Waals surface area contributed by atoms with E-state index < -0.39 is 0 Å². The minimum absolute atomic E-state index is 0.0996. The van der Waals surface area contributed by atoms with Crippen LogP contribution in [0.4, 0.5) is 15.8 Å². The van der Waals surface area contributed by atoms with E-state index in [0.717, 1.165) is 43.0 Å². The Kier molecular flexibility index (Phi) is 3.90. The highest BCUT2D eigenvalue weighted by Gasteiger charge is 2.33. The Hall–Kier alpha value is -2.47. The summed E-state index contributed by atoms with van der Waals surface area (Å²) in [5.74, 6) is -0.682. The number of amides is 1. The molecule has 2 heterocycles. The lowest BCUT2D eigenvalue weighted by Gasteiger charge is -2.32. The molecular weight excluding hydrogens is 307 g/mol. The number of nitrogens with zero attached hydrogens (tertiary/aromatic N) is 2. The quantitative estimate of drug-likeness (QED) is 0.905. The molecule has 6 heteroatoms. The third kappa shape index (κ3) is 2.73. The molecule has 0 saturated carbocycles. The highest BCUT2D eigenvalue weighted by Crippen LogP contribution is 2.37. The lowest BCUT2D eigenvalue weighted by Crippen LogP contribution is -2.44. The van der Waals surface area contributed by atoms with Gasteiger partial charge in [-0.05, 0) is 35.7 Å². The van der Waals surface area contributed by atoms with Crippen LogP contribution in [0.5, 0.6) is 0 Å². The molecule has 1 aromatic heterocycles. The maximum Gasteiger partial charge on any atom is 0.232 e. The number of rotatable bonds is 3. The highest BCUT2D eigenvalue weighted by atomic mass is 19.1. The van der Waals surface area contributed by atoms with Gasteiger partial charge in [-0.15, -0.1) is 0 Å². The van der Waals surface area contributed by atoms with Gasteiger partial charge in [0.2, 0.25) is 5.91 Å². The van der Waals surface area contributed by atoms with E-state index in [-0.39, 0.29) is 17.6 Å². The van der Waals surface area contributed by atoms with Crippen LogP contribution in [-0.4, -0.2) is 37.1 Å². The lowest BCUT2D eigenvalue weighted by atomic mass is 9.77. The fourth-order valence-electron chi connectivity index (χ4n) is 3.39. The van der Waals surface area contributed by atoms with Crippen molar-refractivity contribution < 1.29 is 9.18 Å². The fourth-order valence-corrected chi connectivity index (χ4v) is 3.39. The van der Waals surface area contributed by atoms with Crippen molar-refractivity contribution in [2.24, 2.45) is 0 Å². The number of fused-ring (bicyclic) bond motifs is 1. The molecule has 124 valence electrons. The molecule has 0 bridgehead atoms. The number of hydrogen-bond acceptors (Lipinski definition) is 4. The van der Waals surface area contributed by atoms with Crippen LogP contribution in [0.25, 0.3) is 0 Å². The second-order valence-electron chi connectivity index (χ2n) is 6.22. The van der Waals surface area contributed by atoms with E-state index in [9.17, 15) is 9.18 Å². The molecule has 2 N–H and O–H groups in total. The number of pyridine rings is 1. The summed E-state index contributed by atoms with van der Waals surface area (Å²) in [5, 5.41) is 6.30. The van der Waals surface area contributed by atoms with Crippen molar-refractivity contribution in [2.45, 2.75) is 12.3 Å². The summed E-state index contributed by atoms with van der Waals surface area (Å²) in [7, 11) is 0. The number of piperazine rings is 1. The van der Waals surface area contributed by atoms with Crippen molar-refractivity contribution >= 4 is 17.3 Å². The zero-order valence-electron chi connectivity index (χ0n) is 13.3. The molecule has 1 amide bonds. The molecular formula is C18H19FN4O. The maximum atomic E-state index is 13.4. The van der Waals surface area contributed by atoms with Gasteiger partial charge >= 0.3 is 0 Å². The normalized spacial score (nSPS) is 19.4. The Morgan fingerprint density at radius 2 is 2.12 bits per heavy atom. The number of aromatic nitrogens is 1.